The number of aromatic nitrogens is 2. The molecule has 3 aromatic rings. The molecule has 0 radical (unpaired) electrons. The number of ether oxygens (including phenoxy) is 1. The average molecular weight is 408 g/mol. The van der Waals surface area contributed by atoms with E-state index in [1.807, 2.05) is 22.0 Å². The minimum Gasteiger partial charge on any atom is -0.466 e. The Morgan fingerprint density at radius 2 is 2.14 bits per heavy atom. The van der Waals surface area contributed by atoms with Gasteiger partial charge in [0.15, 0.2) is 10.7 Å². The molecular formula is C21H20N4O3S. The first-order valence-corrected chi connectivity index (χ1v) is 10.4. The number of amides is 1. The zero-order valence-electron chi connectivity index (χ0n) is 16.0. The molecule has 0 bridgehead atoms. The van der Waals surface area contributed by atoms with E-state index in [4.69, 9.17) is 4.74 Å². The van der Waals surface area contributed by atoms with E-state index in [-0.39, 0.29) is 17.8 Å². The lowest BCUT2D eigenvalue weighted by atomic mass is 9.96. The number of rotatable bonds is 4. The summed E-state index contributed by atoms with van der Waals surface area (Å²) in [7, 11) is 0. The lowest BCUT2D eigenvalue weighted by molar-refractivity contribution is -0.149. The van der Waals surface area contributed by atoms with E-state index in [0.717, 1.165) is 10.5 Å². The van der Waals surface area contributed by atoms with Crippen LogP contribution >= 0.6 is 11.3 Å². The van der Waals surface area contributed by atoms with Crippen molar-refractivity contribution in [1.29, 1.82) is 5.26 Å². The fourth-order valence-electron chi connectivity index (χ4n) is 3.67. The third-order valence-electron chi connectivity index (χ3n) is 5.13. The summed E-state index contributed by atoms with van der Waals surface area (Å²) in [6.07, 6.45) is 3.06. The topological polar surface area (TPSA) is 87.7 Å². The number of esters is 1. The van der Waals surface area contributed by atoms with Crippen molar-refractivity contribution in [3.63, 3.8) is 0 Å². The number of imidazole rings is 1. The Kier molecular flexibility index (Phi) is 5.32. The van der Waals surface area contributed by atoms with E-state index < -0.39 is 0 Å². The van der Waals surface area contributed by atoms with Crippen LogP contribution in [0, 0.1) is 17.2 Å². The molecule has 1 fully saturated rings. The summed E-state index contributed by atoms with van der Waals surface area (Å²) in [5.74, 6) is -0.493. The van der Waals surface area contributed by atoms with Crippen molar-refractivity contribution < 1.29 is 14.3 Å². The van der Waals surface area contributed by atoms with Crippen LogP contribution in [0.2, 0.25) is 0 Å². The van der Waals surface area contributed by atoms with Gasteiger partial charge >= 0.3 is 5.97 Å². The van der Waals surface area contributed by atoms with E-state index in [0.29, 0.717) is 49.5 Å². The average Bonchev–Trinajstić information content (AvgIpc) is 3.35. The molecule has 4 rings (SSSR count). The van der Waals surface area contributed by atoms with E-state index >= 15 is 0 Å². The molecule has 1 aromatic carbocycles. The third kappa shape index (κ3) is 3.61. The normalized spacial score (nSPS) is 14.7. The molecule has 3 heterocycles. The molecule has 0 aliphatic carbocycles. The second-order valence-electron chi connectivity index (χ2n) is 6.88. The Bertz CT molecular complexity index is 1100. The van der Waals surface area contributed by atoms with Crippen LogP contribution < -0.4 is 0 Å². The number of piperidine rings is 1. The van der Waals surface area contributed by atoms with E-state index in [9.17, 15) is 14.9 Å². The summed E-state index contributed by atoms with van der Waals surface area (Å²) in [4.78, 5) is 32.3. The van der Waals surface area contributed by atoms with Crippen LogP contribution in [-0.2, 0) is 9.53 Å². The smallest absolute Gasteiger partial charge is 0.309 e. The predicted octanol–water partition coefficient (Wildman–Crippen LogP) is 3.35. The molecule has 0 N–H and O–H groups in total. The lowest BCUT2D eigenvalue weighted by Gasteiger charge is -2.30. The van der Waals surface area contributed by atoms with Crippen molar-refractivity contribution >= 4 is 28.2 Å². The zero-order valence-corrected chi connectivity index (χ0v) is 16.8. The van der Waals surface area contributed by atoms with Crippen molar-refractivity contribution in [2.24, 2.45) is 5.92 Å². The van der Waals surface area contributed by atoms with Gasteiger partial charge in [0.1, 0.15) is 0 Å². The number of hydrogen-bond acceptors (Lipinski definition) is 6. The van der Waals surface area contributed by atoms with Crippen molar-refractivity contribution in [1.82, 2.24) is 14.3 Å². The number of benzene rings is 1. The molecule has 2 aromatic heterocycles. The van der Waals surface area contributed by atoms with Crippen molar-refractivity contribution in [2.45, 2.75) is 19.8 Å². The van der Waals surface area contributed by atoms with Crippen molar-refractivity contribution in [3.8, 4) is 17.3 Å². The van der Waals surface area contributed by atoms with Crippen LogP contribution in [-0.4, -0.2) is 45.9 Å². The molecule has 0 unspecified atom stereocenters. The molecular weight excluding hydrogens is 388 g/mol. The molecule has 1 aliphatic heterocycles. The van der Waals surface area contributed by atoms with E-state index in [1.165, 1.54) is 11.3 Å². The number of carbonyl (C=O) groups is 2. The maximum atomic E-state index is 13.3. The second kappa shape index (κ2) is 8.05. The Balaban J connectivity index is 1.63. The molecule has 0 atom stereocenters. The molecule has 7 nitrogen and oxygen atoms in total. The maximum absolute atomic E-state index is 13.3. The number of thiazole rings is 1. The Morgan fingerprint density at radius 3 is 2.86 bits per heavy atom. The molecule has 1 aliphatic rings. The number of nitrogens with zero attached hydrogens (tertiary/aromatic N) is 4. The number of hydrogen-bond donors (Lipinski definition) is 0. The van der Waals surface area contributed by atoms with E-state index in [1.54, 1.807) is 30.0 Å². The fraction of sp³-hybridized carbons (Fsp3) is 0.333. The van der Waals surface area contributed by atoms with Crippen LogP contribution in [0.15, 0.2) is 35.8 Å². The predicted molar refractivity (Wildman–Crippen MR) is 108 cm³/mol. The van der Waals surface area contributed by atoms with Gasteiger partial charge in [0.25, 0.3) is 5.91 Å². The number of nitriles is 1. The van der Waals surface area contributed by atoms with Crippen LogP contribution in [0.5, 0.6) is 0 Å². The van der Waals surface area contributed by atoms with E-state index in [2.05, 4.69) is 11.1 Å². The largest absolute Gasteiger partial charge is 0.466 e. The highest BCUT2D eigenvalue weighted by atomic mass is 32.1. The molecule has 1 saturated heterocycles. The van der Waals surface area contributed by atoms with Crippen molar-refractivity contribution in [2.75, 3.05) is 19.7 Å². The van der Waals surface area contributed by atoms with Crippen LogP contribution in [0.1, 0.15) is 35.8 Å². The number of fused-ring (bicyclic) bond motifs is 1. The molecule has 148 valence electrons. The summed E-state index contributed by atoms with van der Waals surface area (Å²) in [6, 6.07) is 9.33. The monoisotopic (exact) mass is 408 g/mol. The summed E-state index contributed by atoms with van der Waals surface area (Å²) in [6.45, 7) is 3.15. The molecule has 29 heavy (non-hydrogen) atoms. The first-order valence-electron chi connectivity index (χ1n) is 9.54. The van der Waals surface area contributed by atoms with Gasteiger partial charge in [0.2, 0.25) is 0 Å². The van der Waals surface area contributed by atoms with Crippen molar-refractivity contribution in [3.05, 3.63) is 47.1 Å². The standard InChI is InChI=1S/C21H20N4O3S/c1-2-28-20(27)15-6-8-24(9-7-15)19(26)17-18(25-10-11-29-21(25)23-17)16-5-3-4-14(12-16)13-22/h3-5,10-12,15H,2,6-9H2,1H3. The van der Waals surface area contributed by atoms with Gasteiger partial charge in [-0.25, -0.2) is 4.98 Å². The summed E-state index contributed by atoms with van der Waals surface area (Å²) in [5, 5.41) is 11.2. The number of likely N-dealkylation sites (tertiary alicyclic amines) is 1. The Morgan fingerprint density at radius 1 is 1.34 bits per heavy atom. The van der Waals surface area contributed by atoms with Crippen LogP contribution in [0.4, 0.5) is 0 Å². The van der Waals surface area contributed by atoms with Crippen LogP contribution in [0.3, 0.4) is 0 Å². The highest BCUT2D eigenvalue weighted by Gasteiger charge is 2.31. The van der Waals surface area contributed by atoms with Gasteiger partial charge in [-0.15, -0.1) is 11.3 Å². The minimum absolute atomic E-state index is 0.152. The lowest BCUT2D eigenvalue weighted by Crippen LogP contribution is -2.41. The summed E-state index contributed by atoms with van der Waals surface area (Å²) < 4.78 is 7.00. The first kappa shape index (κ1) is 19.2. The molecule has 1 amide bonds. The highest BCUT2D eigenvalue weighted by Crippen LogP contribution is 2.30. The van der Waals surface area contributed by atoms with Gasteiger partial charge in [-0.1, -0.05) is 12.1 Å². The SMILES string of the molecule is CCOC(=O)C1CCN(C(=O)c2nc3sccn3c2-c2cccc(C#N)c2)CC1. The molecule has 8 heteroatoms. The second-order valence-corrected chi connectivity index (χ2v) is 7.75. The van der Waals surface area contributed by atoms with Gasteiger partial charge in [-0.2, -0.15) is 5.26 Å². The first-order chi connectivity index (χ1) is 14.1. The summed E-state index contributed by atoms with van der Waals surface area (Å²) in [5.41, 5.74) is 2.37. The van der Waals surface area contributed by atoms with Gasteiger partial charge < -0.3 is 9.64 Å². The van der Waals surface area contributed by atoms with Gasteiger partial charge in [0.05, 0.1) is 29.9 Å². The fourth-order valence-corrected chi connectivity index (χ4v) is 4.39. The Labute approximate surface area is 172 Å². The van der Waals surface area contributed by atoms with Gasteiger partial charge in [-0.05, 0) is 31.9 Å². The zero-order chi connectivity index (χ0) is 20.4. The molecule has 0 saturated carbocycles. The van der Waals surface area contributed by atoms with Crippen LogP contribution in [0.25, 0.3) is 16.2 Å². The number of carbonyl (C=O) groups excluding carboxylic acids is 2. The maximum Gasteiger partial charge on any atom is 0.309 e. The summed E-state index contributed by atoms with van der Waals surface area (Å²) >= 11 is 1.46. The molecule has 0 spiro atoms. The quantitative estimate of drug-likeness (QED) is 0.618. The van der Waals surface area contributed by atoms with Gasteiger partial charge in [-0.3, -0.25) is 14.0 Å². The van der Waals surface area contributed by atoms with Gasteiger partial charge in [0, 0.05) is 30.2 Å². The highest BCUT2D eigenvalue weighted by molar-refractivity contribution is 7.15. The third-order valence-corrected chi connectivity index (χ3v) is 5.89. The minimum atomic E-state index is -0.184. The Hall–Kier alpha value is -3.18.